The molecule has 0 bridgehead atoms. The van der Waals surface area contributed by atoms with E-state index in [9.17, 15) is 0 Å². The molecule has 0 amide bonds. The van der Waals surface area contributed by atoms with Crippen LogP contribution in [0.4, 0.5) is 0 Å². The van der Waals surface area contributed by atoms with Gasteiger partial charge in [-0.15, -0.1) is 6.58 Å². The van der Waals surface area contributed by atoms with E-state index in [0.29, 0.717) is 0 Å². The van der Waals surface area contributed by atoms with Crippen LogP contribution in [0.1, 0.15) is 32.6 Å². The number of hydrogen-bond donors (Lipinski definition) is 0. The molecule has 0 heterocycles. The van der Waals surface area contributed by atoms with Crippen molar-refractivity contribution in [1.29, 1.82) is 0 Å². The number of rotatable bonds is 2. The van der Waals surface area contributed by atoms with Crippen molar-refractivity contribution in [1.82, 2.24) is 0 Å². The Labute approximate surface area is 58.0 Å². The minimum Gasteiger partial charge on any atom is -0.103 e. The standard InChI is InChI=1S/C9H16/c1-3-4-9-6-5-8(2)7-9/h3,8-9H,1,4-7H2,2H3/t8-,9?/m1/s1. The molecule has 52 valence electrons. The monoisotopic (exact) mass is 124 g/mol. The van der Waals surface area contributed by atoms with Crippen LogP contribution in [0.25, 0.3) is 0 Å². The molecule has 1 unspecified atom stereocenters. The Hall–Kier alpha value is -0.260. The highest BCUT2D eigenvalue weighted by Gasteiger charge is 2.19. The highest BCUT2D eigenvalue weighted by molar-refractivity contribution is 4.79. The van der Waals surface area contributed by atoms with Gasteiger partial charge in [0.2, 0.25) is 0 Å². The summed E-state index contributed by atoms with van der Waals surface area (Å²) in [6.07, 6.45) is 7.62. The van der Waals surface area contributed by atoms with Gasteiger partial charge >= 0.3 is 0 Å². The molecule has 1 aliphatic carbocycles. The van der Waals surface area contributed by atoms with E-state index in [4.69, 9.17) is 0 Å². The van der Waals surface area contributed by atoms with Gasteiger partial charge in [0.05, 0.1) is 0 Å². The third kappa shape index (κ3) is 1.85. The van der Waals surface area contributed by atoms with Gasteiger partial charge in [-0.25, -0.2) is 0 Å². The molecule has 1 fully saturated rings. The van der Waals surface area contributed by atoms with Gasteiger partial charge in [-0.05, 0) is 31.1 Å². The molecule has 0 aromatic rings. The lowest BCUT2D eigenvalue weighted by atomic mass is 10.0. The first kappa shape index (κ1) is 6.85. The summed E-state index contributed by atoms with van der Waals surface area (Å²) < 4.78 is 0. The maximum atomic E-state index is 3.75. The zero-order chi connectivity index (χ0) is 6.69. The molecule has 0 aromatic carbocycles. The summed E-state index contributed by atoms with van der Waals surface area (Å²) in [5.41, 5.74) is 0. The average molecular weight is 124 g/mol. The van der Waals surface area contributed by atoms with Crippen LogP contribution in [0.2, 0.25) is 0 Å². The van der Waals surface area contributed by atoms with Gasteiger partial charge < -0.3 is 0 Å². The highest BCUT2D eigenvalue weighted by atomic mass is 14.2. The number of hydrogen-bond acceptors (Lipinski definition) is 0. The fourth-order valence-electron chi connectivity index (χ4n) is 1.77. The predicted molar refractivity (Wildman–Crippen MR) is 41.3 cm³/mol. The third-order valence-corrected chi connectivity index (χ3v) is 2.30. The van der Waals surface area contributed by atoms with Crippen molar-refractivity contribution in [2.45, 2.75) is 32.6 Å². The first-order chi connectivity index (χ1) is 4.33. The molecule has 0 spiro atoms. The predicted octanol–water partition coefficient (Wildman–Crippen LogP) is 3.00. The minimum absolute atomic E-state index is 0.970. The van der Waals surface area contributed by atoms with E-state index in [1.54, 1.807) is 0 Å². The lowest BCUT2D eigenvalue weighted by molar-refractivity contribution is 0.522. The summed E-state index contributed by atoms with van der Waals surface area (Å²) in [4.78, 5) is 0. The van der Waals surface area contributed by atoms with Gasteiger partial charge in [-0.1, -0.05) is 19.4 Å². The summed E-state index contributed by atoms with van der Waals surface area (Å²) in [6.45, 7) is 6.10. The van der Waals surface area contributed by atoms with Crippen molar-refractivity contribution in [2.75, 3.05) is 0 Å². The summed E-state index contributed by atoms with van der Waals surface area (Å²) in [5.74, 6) is 1.95. The van der Waals surface area contributed by atoms with Crippen LogP contribution in [-0.2, 0) is 0 Å². The fourth-order valence-corrected chi connectivity index (χ4v) is 1.77. The van der Waals surface area contributed by atoms with E-state index in [1.807, 2.05) is 0 Å². The molecule has 0 N–H and O–H groups in total. The third-order valence-electron chi connectivity index (χ3n) is 2.30. The van der Waals surface area contributed by atoms with Crippen LogP contribution in [-0.4, -0.2) is 0 Å². The van der Waals surface area contributed by atoms with E-state index in [1.165, 1.54) is 25.7 Å². The minimum atomic E-state index is 0.970. The van der Waals surface area contributed by atoms with Crippen LogP contribution in [0.5, 0.6) is 0 Å². The molecule has 9 heavy (non-hydrogen) atoms. The van der Waals surface area contributed by atoms with Crippen LogP contribution in [0, 0.1) is 11.8 Å². The first-order valence-electron chi connectivity index (χ1n) is 3.94. The molecule has 0 nitrogen and oxygen atoms in total. The van der Waals surface area contributed by atoms with E-state index in [-0.39, 0.29) is 0 Å². The molecule has 0 heteroatoms. The molecule has 1 saturated carbocycles. The molecule has 1 rings (SSSR count). The van der Waals surface area contributed by atoms with Gasteiger partial charge in [0, 0.05) is 0 Å². The van der Waals surface area contributed by atoms with Crippen molar-refractivity contribution in [3.05, 3.63) is 12.7 Å². The van der Waals surface area contributed by atoms with E-state index >= 15 is 0 Å². The van der Waals surface area contributed by atoms with E-state index in [0.717, 1.165) is 11.8 Å². The van der Waals surface area contributed by atoms with Crippen molar-refractivity contribution >= 4 is 0 Å². The Bertz CT molecular complexity index is 94.2. The summed E-state index contributed by atoms with van der Waals surface area (Å²) in [5, 5.41) is 0. The zero-order valence-corrected chi connectivity index (χ0v) is 6.27. The Balaban J connectivity index is 2.21. The summed E-state index contributed by atoms with van der Waals surface area (Å²) >= 11 is 0. The maximum Gasteiger partial charge on any atom is -0.0325 e. The van der Waals surface area contributed by atoms with Crippen molar-refractivity contribution in [3.8, 4) is 0 Å². The van der Waals surface area contributed by atoms with Crippen molar-refractivity contribution in [3.63, 3.8) is 0 Å². The second kappa shape index (κ2) is 3.05. The van der Waals surface area contributed by atoms with Crippen molar-refractivity contribution in [2.24, 2.45) is 11.8 Å². The molecule has 0 aliphatic heterocycles. The quantitative estimate of drug-likeness (QED) is 0.496. The fraction of sp³-hybridized carbons (Fsp3) is 0.778. The Morgan fingerprint density at radius 3 is 2.78 bits per heavy atom. The lowest BCUT2D eigenvalue weighted by Gasteiger charge is -2.03. The normalized spacial score (nSPS) is 34.8. The molecule has 0 aromatic heterocycles. The summed E-state index contributed by atoms with van der Waals surface area (Å²) in [6, 6.07) is 0. The lowest BCUT2D eigenvalue weighted by Crippen LogP contribution is -1.90. The second-order valence-electron chi connectivity index (χ2n) is 3.31. The Morgan fingerprint density at radius 1 is 1.56 bits per heavy atom. The SMILES string of the molecule is C=CCC1CC[C@@H](C)C1. The summed E-state index contributed by atoms with van der Waals surface area (Å²) in [7, 11) is 0. The number of allylic oxidation sites excluding steroid dienone is 1. The Kier molecular flexibility index (Phi) is 2.32. The largest absolute Gasteiger partial charge is 0.103 e. The molecule has 1 aliphatic rings. The van der Waals surface area contributed by atoms with Crippen LogP contribution in [0.15, 0.2) is 12.7 Å². The van der Waals surface area contributed by atoms with Gasteiger partial charge in [0.15, 0.2) is 0 Å². The highest BCUT2D eigenvalue weighted by Crippen LogP contribution is 2.32. The molecular formula is C9H16. The molecule has 0 radical (unpaired) electrons. The van der Waals surface area contributed by atoms with E-state index < -0.39 is 0 Å². The zero-order valence-electron chi connectivity index (χ0n) is 6.27. The van der Waals surface area contributed by atoms with Gasteiger partial charge in [0.25, 0.3) is 0 Å². The molecule has 2 atom stereocenters. The van der Waals surface area contributed by atoms with Gasteiger partial charge in [0.1, 0.15) is 0 Å². The smallest absolute Gasteiger partial charge is 0.0325 e. The van der Waals surface area contributed by atoms with Gasteiger partial charge in [-0.3, -0.25) is 0 Å². The van der Waals surface area contributed by atoms with Crippen LogP contribution >= 0.6 is 0 Å². The van der Waals surface area contributed by atoms with Crippen LogP contribution in [0.3, 0.4) is 0 Å². The van der Waals surface area contributed by atoms with Gasteiger partial charge in [-0.2, -0.15) is 0 Å². The Morgan fingerprint density at radius 2 is 2.33 bits per heavy atom. The second-order valence-corrected chi connectivity index (χ2v) is 3.31. The van der Waals surface area contributed by atoms with Crippen LogP contribution < -0.4 is 0 Å². The topological polar surface area (TPSA) is 0 Å². The molecule has 0 saturated heterocycles. The van der Waals surface area contributed by atoms with E-state index in [2.05, 4.69) is 19.6 Å². The van der Waals surface area contributed by atoms with Crippen molar-refractivity contribution < 1.29 is 0 Å². The maximum absolute atomic E-state index is 3.75. The molecular weight excluding hydrogens is 108 g/mol. The first-order valence-corrected chi connectivity index (χ1v) is 3.94. The average Bonchev–Trinajstić information content (AvgIpc) is 2.17.